The molecule has 0 saturated carbocycles. The largest absolute Gasteiger partial charge is 0.481 e. The number of sulfonamides is 1. The van der Waals surface area contributed by atoms with Crippen LogP contribution in [0.15, 0.2) is 78.9 Å². The van der Waals surface area contributed by atoms with Crippen molar-refractivity contribution in [2.75, 3.05) is 29.5 Å². The van der Waals surface area contributed by atoms with Crippen molar-refractivity contribution in [1.29, 1.82) is 0 Å². The highest BCUT2D eigenvalue weighted by atomic mass is 32.2. The predicted molar refractivity (Wildman–Crippen MR) is 137 cm³/mol. The first-order valence-electron chi connectivity index (χ1n) is 11.1. The summed E-state index contributed by atoms with van der Waals surface area (Å²) >= 11 is 0. The van der Waals surface area contributed by atoms with Crippen molar-refractivity contribution in [3.63, 3.8) is 0 Å². The van der Waals surface area contributed by atoms with E-state index >= 15 is 0 Å². The number of nitrogens with one attached hydrogen (secondary N) is 2. The van der Waals surface area contributed by atoms with Crippen molar-refractivity contribution < 1.29 is 22.7 Å². The number of nitrogens with zero attached hydrogens (tertiary/aromatic N) is 1. The van der Waals surface area contributed by atoms with Crippen molar-refractivity contribution in [1.82, 2.24) is 5.32 Å². The van der Waals surface area contributed by atoms with Crippen LogP contribution in [0.4, 0.5) is 11.4 Å². The number of amides is 2. The molecule has 0 unspecified atom stereocenters. The molecule has 0 radical (unpaired) electrons. The predicted octanol–water partition coefficient (Wildman–Crippen LogP) is 3.46. The third-order valence-corrected chi connectivity index (χ3v) is 6.56. The molecular formula is C26H29N3O5S. The van der Waals surface area contributed by atoms with E-state index in [1.807, 2.05) is 30.3 Å². The minimum Gasteiger partial charge on any atom is -0.481 e. The van der Waals surface area contributed by atoms with Crippen LogP contribution in [0, 0.1) is 0 Å². The number of rotatable bonds is 10. The maximum Gasteiger partial charge on any atom is 0.265 e. The summed E-state index contributed by atoms with van der Waals surface area (Å²) in [7, 11) is -1.92. The van der Waals surface area contributed by atoms with E-state index in [9.17, 15) is 18.0 Å². The second kappa shape index (κ2) is 11.5. The van der Waals surface area contributed by atoms with E-state index in [1.165, 1.54) is 7.05 Å². The third kappa shape index (κ3) is 7.31. The number of benzene rings is 3. The van der Waals surface area contributed by atoms with Gasteiger partial charge in [0.2, 0.25) is 10.0 Å². The van der Waals surface area contributed by atoms with Gasteiger partial charge in [0.25, 0.3) is 11.8 Å². The molecule has 3 aromatic rings. The molecule has 8 nitrogen and oxygen atoms in total. The summed E-state index contributed by atoms with van der Waals surface area (Å²) in [4.78, 5) is 25.5. The first kappa shape index (κ1) is 25.8. The zero-order valence-corrected chi connectivity index (χ0v) is 20.7. The van der Waals surface area contributed by atoms with Crippen LogP contribution < -0.4 is 19.7 Å². The van der Waals surface area contributed by atoms with Gasteiger partial charge >= 0.3 is 0 Å². The lowest BCUT2D eigenvalue weighted by molar-refractivity contribution is -0.122. The molecule has 0 fully saturated rings. The molecule has 3 rings (SSSR count). The molecule has 3 aromatic carbocycles. The number of hydrogen-bond acceptors (Lipinski definition) is 5. The average molecular weight is 496 g/mol. The topological polar surface area (TPSA) is 105 Å². The number of ether oxygens (including phenoxy) is 1. The SMILES string of the molecule is C[C@@H](Oc1ccc(N(C)S(C)(=O)=O)cc1)C(=O)Nc1ccccc1C(=O)NCCc1ccccc1. The van der Waals surface area contributed by atoms with Gasteiger partial charge in [-0.3, -0.25) is 13.9 Å². The Morgan fingerprint density at radius 3 is 2.23 bits per heavy atom. The lowest BCUT2D eigenvalue weighted by Crippen LogP contribution is -2.32. The monoisotopic (exact) mass is 495 g/mol. The first-order chi connectivity index (χ1) is 16.6. The molecule has 9 heteroatoms. The Balaban J connectivity index is 1.59. The number of para-hydroxylation sites is 1. The summed E-state index contributed by atoms with van der Waals surface area (Å²) in [6, 6.07) is 23.0. The van der Waals surface area contributed by atoms with Gasteiger partial charge in [-0.15, -0.1) is 0 Å². The van der Waals surface area contributed by atoms with E-state index in [0.29, 0.717) is 35.7 Å². The van der Waals surface area contributed by atoms with Gasteiger partial charge in [0, 0.05) is 13.6 Å². The van der Waals surface area contributed by atoms with Crippen LogP contribution in [-0.4, -0.2) is 46.2 Å². The summed E-state index contributed by atoms with van der Waals surface area (Å²) in [6.07, 6.45) is 0.957. The minimum absolute atomic E-state index is 0.281. The molecule has 0 aliphatic carbocycles. The first-order valence-corrected chi connectivity index (χ1v) is 12.9. The van der Waals surface area contributed by atoms with Crippen LogP contribution in [0.3, 0.4) is 0 Å². The van der Waals surface area contributed by atoms with Gasteiger partial charge in [-0.2, -0.15) is 0 Å². The molecule has 1 atom stereocenters. The molecule has 0 aliphatic rings. The van der Waals surface area contributed by atoms with E-state index in [4.69, 9.17) is 4.74 Å². The molecule has 0 heterocycles. The molecule has 0 bridgehead atoms. The third-order valence-electron chi connectivity index (χ3n) is 5.35. The van der Waals surface area contributed by atoms with Crippen LogP contribution in [0.2, 0.25) is 0 Å². The van der Waals surface area contributed by atoms with E-state index < -0.39 is 22.0 Å². The van der Waals surface area contributed by atoms with E-state index in [-0.39, 0.29) is 5.91 Å². The molecule has 35 heavy (non-hydrogen) atoms. The van der Waals surface area contributed by atoms with Gasteiger partial charge in [-0.1, -0.05) is 42.5 Å². The minimum atomic E-state index is -3.38. The summed E-state index contributed by atoms with van der Waals surface area (Å²) in [6.45, 7) is 2.06. The highest BCUT2D eigenvalue weighted by molar-refractivity contribution is 7.92. The van der Waals surface area contributed by atoms with Crippen LogP contribution in [0.25, 0.3) is 0 Å². The molecule has 0 saturated heterocycles. The number of hydrogen-bond donors (Lipinski definition) is 2. The number of anilines is 2. The second-order valence-electron chi connectivity index (χ2n) is 8.01. The summed E-state index contributed by atoms with van der Waals surface area (Å²) in [5, 5.41) is 5.64. The van der Waals surface area contributed by atoms with Gasteiger partial charge in [0.1, 0.15) is 5.75 Å². The lowest BCUT2D eigenvalue weighted by Gasteiger charge is -2.19. The smallest absolute Gasteiger partial charge is 0.265 e. The van der Waals surface area contributed by atoms with Crippen LogP contribution in [0.1, 0.15) is 22.8 Å². The summed E-state index contributed by atoms with van der Waals surface area (Å²) in [5.74, 6) is -0.298. The second-order valence-corrected chi connectivity index (χ2v) is 10.0. The van der Waals surface area contributed by atoms with Crippen molar-refractivity contribution in [3.05, 3.63) is 90.0 Å². The molecule has 0 spiro atoms. The highest BCUT2D eigenvalue weighted by Crippen LogP contribution is 2.22. The molecule has 2 amide bonds. The number of carbonyl (C=O) groups excluding carboxylic acids is 2. The molecular weight excluding hydrogens is 466 g/mol. The number of carbonyl (C=O) groups is 2. The average Bonchev–Trinajstić information content (AvgIpc) is 2.84. The fraction of sp³-hybridized carbons (Fsp3) is 0.231. The molecule has 0 aliphatic heterocycles. The van der Waals surface area contributed by atoms with Gasteiger partial charge in [-0.25, -0.2) is 8.42 Å². The Bertz CT molecular complexity index is 1260. The molecule has 2 N–H and O–H groups in total. The molecule has 184 valence electrons. The van der Waals surface area contributed by atoms with Gasteiger partial charge in [0.15, 0.2) is 6.10 Å². The zero-order valence-electron chi connectivity index (χ0n) is 19.9. The Kier molecular flexibility index (Phi) is 8.48. The van der Waals surface area contributed by atoms with E-state index in [1.54, 1.807) is 55.5 Å². The lowest BCUT2D eigenvalue weighted by atomic mass is 10.1. The maximum absolute atomic E-state index is 12.7. The normalized spacial score (nSPS) is 11.9. The van der Waals surface area contributed by atoms with Crippen molar-refractivity contribution in [3.8, 4) is 5.75 Å². The fourth-order valence-electron chi connectivity index (χ4n) is 3.27. The van der Waals surface area contributed by atoms with Crippen LogP contribution in [0.5, 0.6) is 5.75 Å². The standard InChI is InChI=1S/C26H29N3O5S/c1-19(34-22-15-13-21(14-16-22)29(2)35(3,32)33)25(30)28-24-12-8-7-11-23(24)26(31)27-18-17-20-9-5-4-6-10-20/h4-16,19H,17-18H2,1-3H3,(H,27,31)(H,28,30)/t19-/m1/s1. The maximum atomic E-state index is 12.7. The zero-order chi connectivity index (χ0) is 25.4. The Morgan fingerprint density at radius 1 is 0.943 bits per heavy atom. The Hall–Kier alpha value is -3.85. The Morgan fingerprint density at radius 2 is 1.57 bits per heavy atom. The van der Waals surface area contributed by atoms with E-state index in [0.717, 1.165) is 16.1 Å². The van der Waals surface area contributed by atoms with Crippen molar-refractivity contribution >= 4 is 33.2 Å². The van der Waals surface area contributed by atoms with Crippen LogP contribution >= 0.6 is 0 Å². The van der Waals surface area contributed by atoms with E-state index in [2.05, 4.69) is 10.6 Å². The van der Waals surface area contributed by atoms with Crippen molar-refractivity contribution in [2.24, 2.45) is 0 Å². The van der Waals surface area contributed by atoms with Crippen molar-refractivity contribution in [2.45, 2.75) is 19.4 Å². The van der Waals surface area contributed by atoms with Gasteiger partial charge < -0.3 is 15.4 Å². The van der Waals surface area contributed by atoms with Crippen LogP contribution in [-0.2, 0) is 21.2 Å². The Labute approximate surface area is 206 Å². The fourth-order valence-corrected chi connectivity index (χ4v) is 3.77. The summed E-state index contributed by atoms with van der Waals surface area (Å²) < 4.78 is 30.2. The molecule has 0 aromatic heterocycles. The van der Waals surface area contributed by atoms with Gasteiger partial charge in [0.05, 0.1) is 23.2 Å². The highest BCUT2D eigenvalue weighted by Gasteiger charge is 2.19. The quantitative estimate of drug-likeness (QED) is 0.448. The summed E-state index contributed by atoms with van der Waals surface area (Å²) in [5.41, 5.74) is 2.34. The van der Waals surface area contributed by atoms with Gasteiger partial charge in [-0.05, 0) is 55.3 Å².